The summed E-state index contributed by atoms with van der Waals surface area (Å²) >= 11 is 1.27. The summed E-state index contributed by atoms with van der Waals surface area (Å²) in [6.07, 6.45) is 6.40. The highest BCUT2D eigenvalue weighted by Gasteiger charge is 2.26. The lowest BCUT2D eigenvalue weighted by Crippen LogP contribution is -2.40. The molecule has 1 aromatic carbocycles. The molecule has 4 rings (SSSR count). The Morgan fingerprint density at radius 1 is 0.970 bits per heavy atom. The first-order valence-electron chi connectivity index (χ1n) is 11.3. The van der Waals surface area contributed by atoms with Crippen molar-refractivity contribution in [2.75, 3.05) is 55.4 Å². The van der Waals surface area contributed by atoms with Crippen LogP contribution in [0.15, 0.2) is 52.5 Å². The number of thioether (sulfide) groups is 1. The molecule has 0 spiro atoms. The van der Waals surface area contributed by atoms with E-state index in [4.69, 9.17) is 4.74 Å². The van der Waals surface area contributed by atoms with Crippen molar-refractivity contribution >= 4 is 39.1 Å². The van der Waals surface area contributed by atoms with E-state index in [1.807, 2.05) is 12.1 Å². The third kappa shape index (κ3) is 6.47. The SMILES string of the molecule is O=C(CSc1ccc(S(=O)(=O)N2CCOCC2)cn1)Nc1ccc(N2CCCCCC2)cc1. The van der Waals surface area contributed by atoms with Crippen LogP contribution in [0.25, 0.3) is 0 Å². The van der Waals surface area contributed by atoms with Crippen molar-refractivity contribution in [3.8, 4) is 0 Å². The van der Waals surface area contributed by atoms with E-state index in [2.05, 4.69) is 27.3 Å². The zero-order valence-electron chi connectivity index (χ0n) is 18.6. The first kappa shape index (κ1) is 24.0. The van der Waals surface area contributed by atoms with Crippen LogP contribution in [0.2, 0.25) is 0 Å². The van der Waals surface area contributed by atoms with Crippen molar-refractivity contribution in [1.82, 2.24) is 9.29 Å². The second kappa shape index (κ2) is 11.3. The molecule has 1 amide bonds. The summed E-state index contributed by atoms with van der Waals surface area (Å²) in [4.78, 5) is 19.2. The maximum atomic E-state index is 12.7. The van der Waals surface area contributed by atoms with Crippen LogP contribution in [-0.4, -0.2) is 68.8 Å². The fourth-order valence-electron chi connectivity index (χ4n) is 3.96. The molecule has 2 aliphatic rings. The number of rotatable bonds is 7. The summed E-state index contributed by atoms with van der Waals surface area (Å²) in [5, 5.41) is 3.51. The minimum Gasteiger partial charge on any atom is -0.379 e. The maximum absolute atomic E-state index is 12.7. The average molecular weight is 491 g/mol. The Morgan fingerprint density at radius 2 is 1.67 bits per heavy atom. The number of morpholine rings is 1. The van der Waals surface area contributed by atoms with Gasteiger partial charge in [0.1, 0.15) is 4.90 Å². The van der Waals surface area contributed by atoms with E-state index in [1.54, 1.807) is 12.1 Å². The number of anilines is 2. The third-order valence-electron chi connectivity index (χ3n) is 5.79. The average Bonchev–Trinajstić information content (AvgIpc) is 3.14. The number of hydrogen-bond donors (Lipinski definition) is 1. The van der Waals surface area contributed by atoms with E-state index in [-0.39, 0.29) is 16.6 Å². The number of amides is 1. The van der Waals surface area contributed by atoms with Crippen LogP contribution < -0.4 is 10.2 Å². The molecule has 0 aliphatic carbocycles. The molecule has 0 atom stereocenters. The van der Waals surface area contributed by atoms with Gasteiger partial charge in [-0.05, 0) is 49.2 Å². The van der Waals surface area contributed by atoms with Crippen LogP contribution in [0.3, 0.4) is 0 Å². The van der Waals surface area contributed by atoms with Gasteiger partial charge >= 0.3 is 0 Å². The number of nitrogens with one attached hydrogen (secondary N) is 1. The Balaban J connectivity index is 1.27. The van der Waals surface area contributed by atoms with Gasteiger partial charge in [0.15, 0.2) is 0 Å². The molecule has 0 bridgehead atoms. The lowest BCUT2D eigenvalue weighted by Gasteiger charge is -2.25. The molecule has 0 saturated carbocycles. The normalized spacial score (nSPS) is 18.0. The molecule has 10 heteroatoms. The number of sulfonamides is 1. The summed E-state index contributed by atoms with van der Waals surface area (Å²) in [7, 11) is -3.57. The van der Waals surface area contributed by atoms with Crippen LogP contribution in [0, 0.1) is 0 Å². The van der Waals surface area contributed by atoms with Gasteiger partial charge < -0.3 is 15.0 Å². The Bertz CT molecular complexity index is 1020. The molecule has 0 radical (unpaired) electrons. The summed E-state index contributed by atoms with van der Waals surface area (Å²) in [5.74, 6) is 0.0607. The smallest absolute Gasteiger partial charge is 0.244 e. The highest BCUT2D eigenvalue weighted by atomic mass is 32.2. The molecule has 3 heterocycles. The molecule has 1 N–H and O–H groups in total. The highest BCUT2D eigenvalue weighted by Crippen LogP contribution is 2.23. The van der Waals surface area contributed by atoms with Crippen molar-refractivity contribution in [3.05, 3.63) is 42.6 Å². The zero-order valence-corrected chi connectivity index (χ0v) is 20.2. The van der Waals surface area contributed by atoms with E-state index >= 15 is 0 Å². The minimum atomic E-state index is -3.57. The summed E-state index contributed by atoms with van der Waals surface area (Å²) in [6, 6.07) is 11.2. The molecule has 2 fully saturated rings. The molecule has 2 saturated heterocycles. The molecule has 2 aliphatic heterocycles. The number of hydrogen-bond acceptors (Lipinski definition) is 7. The van der Waals surface area contributed by atoms with Gasteiger partial charge in [-0.15, -0.1) is 0 Å². The molecular formula is C23H30N4O4S2. The number of nitrogens with zero attached hydrogens (tertiary/aromatic N) is 3. The highest BCUT2D eigenvalue weighted by molar-refractivity contribution is 7.99. The quantitative estimate of drug-likeness (QED) is 0.596. The number of carbonyl (C=O) groups is 1. The fraction of sp³-hybridized carbons (Fsp3) is 0.478. The Labute approximate surface area is 199 Å². The largest absolute Gasteiger partial charge is 0.379 e. The van der Waals surface area contributed by atoms with Crippen LogP contribution in [0.5, 0.6) is 0 Å². The minimum absolute atomic E-state index is 0.130. The number of carbonyl (C=O) groups excluding carboxylic acids is 1. The van der Waals surface area contributed by atoms with Gasteiger partial charge in [0, 0.05) is 43.8 Å². The van der Waals surface area contributed by atoms with E-state index < -0.39 is 10.0 Å². The van der Waals surface area contributed by atoms with E-state index in [0.717, 1.165) is 18.8 Å². The standard InChI is InChI=1S/C23H30N4O4S2/c28-22(25-19-5-7-20(8-6-19)26-11-3-1-2-4-12-26)18-32-23-10-9-21(17-24-23)33(29,30)27-13-15-31-16-14-27/h5-10,17H,1-4,11-16,18H2,(H,25,28). The second-order valence-corrected chi connectivity index (χ2v) is 11.1. The Kier molecular flexibility index (Phi) is 8.24. The Hall–Kier alpha value is -2.14. The zero-order chi connectivity index (χ0) is 23.1. The lowest BCUT2D eigenvalue weighted by atomic mass is 10.2. The number of benzene rings is 1. The van der Waals surface area contributed by atoms with Crippen LogP contribution >= 0.6 is 11.8 Å². The Morgan fingerprint density at radius 3 is 2.30 bits per heavy atom. The van der Waals surface area contributed by atoms with Crippen molar-refractivity contribution in [1.29, 1.82) is 0 Å². The van der Waals surface area contributed by atoms with Crippen molar-refractivity contribution in [2.45, 2.75) is 35.6 Å². The first-order chi connectivity index (χ1) is 16.0. The van der Waals surface area contributed by atoms with Crippen molar-refractivity contribution in [2.24, 2.45) is 0 Å². The van der Waals surface area contributed by atoms with Gasteiger partial charge in [-0.25, -0.2) is 13.4 Å². The molecule has 2 aromatic rings. The van der Waals surface area contributed by atoms with Gasteiger partial charge in [-0.1, -0.05) is 24.6 Å². The van der Waals surface area contributed by atoms with Gasteiger partial charge in [0.05, 0.1) is 24.0 Å². The predicted octanol–water partition coefficient (Wildman–Crippen LogP) is 3.21. The summed E-state index contributed by atoms with van der Waals surface area (Å²) in [5.41, 5.74) is 1.96. The lowest BCUT2D eigenvalue weighted by molar-refractivity contribution is -0.113. The monoisotopic (exact) mass is 490 g/mol. The first-order valence-corrected chi connectivity index (χ1v) is 13.8. The molecular weight excluding hydrogens is 460 g/mol. The molecule has 178 valence electrons. The van der Waals surface area contributed by atoms with Crippen molar-refractivity contribution in [3.63, 3.8) is 0 Å². The van der Waals surface area contributed by atoms with Crippen LogP contribution in [-0.2, 0) is 19.6 Å². The number of pyridine rings is 1. The predicted molar refractivity (Wildman–Crippen MR) is 130 cm³/mol. The third-order valence-corrected chi connectivity index (χ3v) is 8.62. The molecule has 33 heavy (non-hydrogen) atoms. The van der Waals surface area contributed by atoms with Gasteiger partial charge in [0.2, 0.25) is 15.9 Å². The molecule has 8 nitrogen and oxygen atoms in total. The van der Waals surface area contributed by atoms with Crippen LogP contribution in [0.1, 0.15) is 25.7 Å². The van der Waals surface area contributed by atoms with Crippen molar-refractivity contribution < 1.29 is 17.9 Å². The summed E-state index contributed by atoms with van der Waals surface area (Å²) < 4.78 is 32.0. The van der Waals surface area contributed by atoms with Crippen LogP contribution in [0.4, 0.5) is 11.4 Å². The topological polar surface area (TPSA) is 91.8 Å². The number of ether oxygens (including phenoxy) is 1. The van der Waals surface area contributed by atoms with E-state index in [9.17, 15) is 13.2 Å². The second-order valence-electron chi connectivity index (χ2n) is 8.13. The van der Waals surface area contributed by atoms with E-state index in [1.165, 1.54) is 53.6 Å². The molecule has 0 unspecified atom stereocenters. The van der Waals surface area contributed by atoms with E-state index in [0.29, 0.717) is 31.3 Å². The van der Waals surface area contributed by atoms with Gasteiger partial charge in [-0.3, -0.25) is 4.79 Å². The fourth-order valence-corrected chi connectivity index (χ4v) is 5.96. The van der Waals surface area contributed by atoms with Gasteiger partial charge in [-0.2, -0.15) is 4.31 Å². The maximum Gasteiger partial charge on any atom is 0.244 e. The summed E-state index contributed by atoms with van der Waals surface area (Å²) in [6.45, 7) is 3.66. The molecule has 1 aromatic heterocycles. The van der Waals surface area contributed by atoms with Gasteiger partial charge in [0.25, 0.3) is 0 Å². The number of aromatic nitrogens is 1.